The molecule has 0 aliphatic rings. The predicted molar refractivity (Wildman–Crippen MR) is 80.1 cm³/mol. The molecule has 4 heteroatoms. The number of nitrogens with two attached hydrogens (primary N) is 1. The smallest absolute Gasteiger partial charge is 0.241 e. The maximum absolute atomic E-state index is 10.6. The van der Waals surface area contributed by atoms with Gasteiger partial charge in [0.15, 0.2) is 0 Å². The van der Waals surface area contributed by atoms with Crippen LogP contribution in [0.15, 0.2) is 48.5 Å². The molecular weight excluding hydrogens is 281 g/mol. The van der Waals surface area contributed by atoms with Crippen LogP contribution < -0.4 is 5.73 Å². The highest BCUT2D eigenvalue weighted by molar-refractivity contribution is 6.42. The first-order valence-electron chi connectivity index (χ1n) is 5.59. The van der Waals surface area contributed by atoms with Gasteiger partial charge in [0.25, 0.3) is 0 Å². The number of amides is 1. The highest BCUT2D eigenvalue weighted by Crippen LogP contribution is 2.28. The van der Waals surface area contributed by atoms with Crippen molar-refractivity contribution in [3.8, 4) is 11.1 Å². The molecule has 0 spiro atoms. The summed E-state index contributed by atoms with van der Waals surface area (Å²) >= 11 is 11.9. The fraction of sp³-hybridized carbons (Fsp3) is 0. The minimum atomic E-state index is -0.464. The molecule has 2 rings (SSSR count). The minimum Gasteiger partial charge on any atom is -0.366 e. The second-order valence-corrected chi connectivity index (χ2v) is 4.80. The molecule has 0 aliphatic carbocycles. The standard InChI is InChI=1S/C15H11Cl2NO/c16-13-7-6-12(9-14(13)17)11-4-1-10(2-5-11)3-8-15(18)19/h1-9H,(H2,18,19)/b8-3-. The number of carbonyl (C=O) groups excluding carboxylic acids is 1. The Morgan fingerprint density at radius 2 is 1.58 bits per heavy atom. The van der Waals surface area contributed by atoms with Crippen molar-refractivity contribution in [3.63, 3.8) is 0 Å². The van der Waals surface area contributed by atoms with Gasteiger partial charge in [-0.15, -0.1) is 0 Å². The summed E-state index contributed by atoms with van der Waals surface area (Å²) in [7, 11) is 0. The number of hydrogen-bond acceptors (Lipinski definition) is 1. The predicted octanol–water partition coefficient (Wildman–Crippen LogP) is 4.16. The maximum atomic E-state index is 10.6. The molecule has 0 aromatic heterocycles. The van der Waals surface area contributed by atoms with E-state index in [1.165, 1.54) is 6.08 Å². The van der Waals surface area contributed by atoms with Crippen molar-refractivity contribution >= 4 is 35.2 Å². The van der Waals surface area contributed by atoms with E-state index in [1.54, 1.807) is 12.1 Å². The Morgan fingerprint density at radius 3 is 2.16 bits per heavy atom. The van der Waals surface area contributed by atoms with Crippen LogP contribution >= 0.6 is 23.2 Å². The van der Waals surface area contributed by atoms with Crippen LogP contribution in [0.5, 0.6) is 0 Å². The van der Waals surface area contributed by atoms with Gasteiger partial charge in [0.1, 0.15) is 0 Å². The van der Waals surface area contributed by atoms with E-state index in [0.29, 0.717) is 10.0 Å². The molecule has 0 aliphatic heterocycles. The number of hydrogen-bond donors (Lipinski definition) is 1. The Morgan fingerprint density at radius 1 is 0.947 bits per heavy atom. The summed E-state index contributed by atoms with van der Waals surface area (Å²) in [6, 6.07) is 13.2. The first-order valence-corrected chi connectivity index (χ1v) is 6.35. The molecule has 2 aromatic rings. The highest BCUT2D eigenvalue weighted by Gasteiger charge is 2.01. The average Bonchev–Trinajstić information content (AvgIpc) is 2.40. The maximum Gasteiger partial charge on any atom is 0.241 e. The van der Waals surface area contributed by atoms with Crippen molar-refractivity contribution in [3.05, 3.63) is 64.1 Å². The van der Waals surface area contributed by atoms with E-state index < -0.39 is 5.91 Å². The van der Waals surface area contributed by atoms with Crippen LogP contribution in [0.3, 0.4) is 0 Å². The van der Waals surface area contributed by atoms with E-state index in [9.17, 15) is 4.79 Å². The van der Waals surface area contributed by atoms with Gasteiger partial charge in [-0.1, -0.05) is 53.5 Å². The first-order chi connectivity index (χ1) is 9.06. The van der Waals surface area contributed by atoms with E-state index in [-0.39, 0.29) is 0 Å². The van der Waals surface area contributed by atoms with Crippen LogP contribution in [-0.4, -0.2) is 5.91 Å². The topological polar surface area (TPSA) is 43.1 Å². The number of benzene rings is 2. The van der Waals surface area contributed by atoms with Gasteiger partial charge in [-0.3, -0.25) is 4.79 Å². The summed E-state index contributed by atoms with van der Waals surface area (Å²) in [6.07, 6.45) is 3.00. The molecule has 0 atom stereocenters. The Balaban J connectivity index is 2.27. The summed E-state index contributed by atoms with van der Waals surface area (Å²) < 4.78 is 0. The number of halogens is 2. The SMILES string of the molecule is NC(=O)/C=C\c1ccc(-c2ccc(Cl)c(Cl)c2)cc1. The van der Waals surface area contributed by atoms with Crippen molar-refractivity contribution in [2.24, 2.45) is 5.73 Å². The van der Waals surface area contributed by atoms with E-state index in [2.05, 4.69) is 0 Å². The monoisotopic (exact) mass is 291 g/mol. The van der Waals surface area contributed by atoms with Crippen LogP contribution in [0.4, 0.5) is 0 Å². The van der Waals surface area contributed by atoms with Crippen molar-refractivity contribution in [1.82, 2.24) is 0 Å². The van der Waals surface area contributed by atoms with Gasteiger partial charge in [0.05, 0.1) is 10.0 Å². The zero-order valence-corrected chi connectivity index (χ0v) is 11.4. The first kappa shape index (κ1) is 13.7. The molecule has 2 nitrogen and oxygen atoms in total. The highest BCUT2D eigenvalue weighted by atomic mass is 35.5. The van der Waals surface area contributed by atoms with Gasteiger partial charge in [0.2, 0.25) is 5.91 Å². The van der Waals surface area contributed by atoms with Crippen LogP contribution in [-0.2, 0) is 4.79 Å². The van der Waals surface area contributed by atoms with Gasteiger partial charge >= 0.3 is 0 Å². The molecule has 0 fully saturated rings. The molecule has 96 valence electrons. The second-order valence-electron chi connectivity index (χ2n) is 3.99. The summed E-state index contributed by atoms with van der Waals surface area (Å²) in [4.78, 5) is 10.6. The summed E-state index contributed by atoms with van der Waals surface area (Å²) in [6.45, 7) is 0. The third-order valence-corrected chi connectivity index (χ3v) is 3.34. The lowest BCUT2D eigenvalue weighted by Crippen LogP contribution is -2.04. The van der Waals surface area contributed by atoms with Crippen molar-refractivity contribution in [2.75, 3.05) is 0 Å². The fourth-order valence-electron chi connectivity index (χ4n) is 1.64. The third kappa shape index (κ3) is 3.60. The molecule has 0 saturated heterocycles. The van der Waals surface area contributed by atoms with Crippen molar-refractivity contribution in [1.29, 1.82) is 0 Å². The van der Waals surface area contributed by atoms with Gasteiger partial charge in [-0.2, -0.15) is 0 Å². The lowest BCUT2D eigenvalue weighted by Gasteiger charge is -2.04. The van der Waals surface area contributed by atoms with Gasteiger partial charge in [0, 0.05) is 6.08 Å². The zero-order valence-electron chi connectivity index (χ0n) is 9.94. The largest absolute Gasteiger partial charge is 0.366 e. The Bertz CT molecular complexity index is 633. The zero-order chi connectivity index (χ0) is 13.8. The molecule has 0 saturated carbocycles. The molecule has 1 amide bonds. The van der Waals surface area contributed by atoms with Gasteiger partial charge in [-0.05, 0) is 34.9 Å². The summed E-state index contributed by atoms with van der Waals surface area (Å²) in [5, 5.41) is 1.06. The normalized spacial score (nSPS) is 10.8. The average molecular weight is 292 g/mol. The number of rotatable bonds is 3. The number of primary amides is 1. The molecule has 0 radical (unpaired) electrons. The van der Waals surface area contributed by atoms with E-state index in [1.807, 2.05) is 36.4 Å². The lowest BCUT2D eigenvalue weighted by atomic mass is 10.0. The molecular formula is C15H11Cl2NO. The Kier molecular flexibility index (Phi) is 4.25. The van der Waals surface area contributed by atoms with Crippen LogP contribution in [0.1, 0.15) is 5.56 Å². The van der Waals surface area contributed by atoms with E-state index >= 15 is 0 Å². The van der Waals surface area contributed by atoms with Crippen LogP contribution in [0.25, 0.3) is 17.2 Å². The van der Waals surface area contributed by atoms with E-state index in [4.69, 9.17) is 28.9 Å². The van der Waals surface area contributed by atoms with Crippen molar-refractivity contribution in [2.45, 2.75) is 0 Å². The number of carbonyl (C=O) groups is 1. The molecule has 2 N–H and O–H groups in total. The molecule has 0 heterocycles. The van der Waals surface area contributed by atoms with Crippen molar-refractivity contribution < 1.29 is 4.79 Å². The van der Waals surface area contributed by atoms with Gasteiger partial charge < -0.3 is 5.73 Å². The summed E-state index contributed by atoms with van der Waals surface area (Å²) in [5.41, 5.74) is 7.95. The Labute approximate surface area is 121 Å². The van der Waals surface area contributed by atoms with Gasteiger partial charge in [-0.25, -0.2) is 0 Å². The Hall–Kier alpha value is -1.77. The minimum absolute atomic E-state index is 0.464. The molecule has 2 aromatic carbocycles. The lowest BCUT2D eigenvalue weighted by molar-refractivity contribution is -0.113. The van der Waals surface area contributed by atoms with Crippen LogP contribution in [0, 0.1) is 0 Å². The fourth-order valence-corrected chi connectivity index (χ4v) is 1.94. The molecule has 0 unspecified atom stereocenters. The summed E-state index contributed by atoms with van der Waals surface area (Å²) in [5.74, 6) is -0.464. The molecule has 0 bridgehead atoms. The quantitative estimate of drug-likeness (QED) is 0.848. The van der Waals surface area contributed by atoms with Crippen LogP contribution in [0.2, 0.25) is 10.0 Å². The van der Waals surface area contributed by atoms with E-state index in [0.717, 1.165) is 16.7 Å². The molecule has 19 heavy (non-hydrogen) atoms. The second kappa shape index (κ2) is 5.91. The third-order valence-electron chi connectivity index (χ3n) is 2.60.